The van der Waals surface area contributed by atoms with Gasteiger partial charge in [0.1, 0.15) is 6.54 Å². The summed E-state index contributed by atoms with van der Waals surface area (Å²) in [6, 6.07) is 10.0. The quantitative estimate of drug-likeness (QED) is 0.749. The minimum absolute atomic E-state index is 0.138. The molecule has 3 aromatic rings. The van der Waals surface area contributed by atoms with Gasteiger partial charge in [0.05, 0.1) is 16.3 Å². The highest BCUT2D eigenvalue weighted by Gasteiger charge is 2.30. The highest BCUT2D eigenvalue weighted by molar-refractivity contribution is 5.90. The number of rotatable bonds is 3. The molecule has 1 heterocycles. The van der Waals surface area contributed by atoms with Gasteiger partial charge in [0.2, 0.25) is 5.91 Å². The maximum Gasteiger partial charge on any atom is 0.416 e. The van der Waals surface area contributed by atoms with Crippen LogP contribution in [0.5, 0.6) is 0 Å². The molecule has 0 aliphatic heterocycles. The van der Waals surface area contributed by atoms with Gasteiger partial charge in [-0.25, -0.2) is 4.68 Å². The van der Waals surface area contributed by atoms with Crippen molar-refractivity contribution in [1.82, 2.24) is 9.78 Å². The standard InChI is InChI=1S/C17H12F3N3O3/c18-17(19,20)10-5-7-11(8-6-10)21-14(24)9-23-16(26)13-4-2-1-3-12(13)15(25)22-23/h1-8H,9H2,(H,21,24)(H,22,25). The number of nitrogens with zero attached hydrogens (tertiary/aromatic N) is 1. The third-order valence-corrected chi connectivity index (χ3v) is 3.68. The number of amides is 1. The van der Waals surface area contributed by atoms with Crippen LogP contribution in [0.4, 0.5) is 18.9 Å². The van der Waals surface area contributed by atoms with E-state index >= 15 is 0 Å². The first-order valence-corrected chi connectivity index (χ1v) is 7.45. The summed E-state index contributed by atoms with van der Waals surface area (Å²) < 4.78 is 38.4. The zero-order chi connectivity index (χ0) is 18.9. The lowest BCUT2D eigenvalue weighted by atomic mass is 10.2. The van der Waals surface area contributed by atoms with Crippen molar-refractivity contribution in [2.24, 2.45) is 0 Å². The highest BCUT2D eigenvalue weighted by atomic mass is 19.4. The summed E-state index contributed by atoms with van der Waals surface area (Å²) in [7, 11) is 0. The minimum atomic E-state index is -4.47. The second-order valence-corrected chi connectivity index (χ2v) is 5.50. The van der Waals surface area contributed by atoms with Crippen LogP contribution in [0.3, 0.4) is 0 Å². The Bertz CT molecular complexity index is 1080. The molecule has 0 aliphatic rings. The molecule has 0 saturated heterocycles. The van der Waals surface area contributed by atoms with E-state index in [9.17, 15) is 27.6 Å². The molecule has 1 aromatic heterocycles. The number of hydrogen-bond acceptors (Lipinski definition) is 3. The van der Waals surface area contributed by atoms with Crippen molar-refractivity contribution in [1.29, 1.82) is 0 Å². The lowest BCUT2D eigenvalue weighted by Gasteiger charge is -2.10. The van der Waals surface area contributed by atoms with Crippen molar-refractivity contribution in [2.75, 3.05) is 5.32 Å². The smallest absolute Gasteiger partial charge is 0.324 e. The Labute approximate surface area is 143 Å². The SMILES string of the molecule is O=C(Cn1[nH]c(=O)c2ccccc2c1=O)Nc1ccc(C(F)(F)F)cc1. The Balaban J connectivity index is 1.81. The summed E-state index contributed by atoms with van der Waals surface area (Å²) in [4.78, 5) is 36.3. The van der Waals surface area contributed by atoms with Gasteiger partial charge in [-0.3, -0.25) is 19.5 Å². The largest absolute Gasteiger partial charge is 0.416 e. The topological polar surface area (TPSA) is 84.0 Å². The van der Waals surface area contributed by atoms with Crippen molar-refractivity contribution in [3.05, 3.63) is 74.8 Å². The minimum Gasteiger partial charge on any atom is -0.324 e. The number of alkyl halides is 3. The normalized spacial score (nSPS) is 11.5. The molecule has 0 unspecified atom stereocenters. The summed E-state index contributed by atoms with van der Waals surface area (Å²) in [6.45, 7) is -0.486. The maximum absolute atomic E-state index is 12.5. The second-order valence-electron chi connectivity index (χ2n) is 5.50. The van der Waals surface area contributed by atoms with E-state index in [1.807, 2.05) is 0 Å². The number of benzene rings is 2. The highest BCUT2D eigenvalue weighted by Crippen LogP contribution is 2.29. The second kappa shape index (κ2) is 6.51. The van der Waals surface area contributed by atoms with Crippen LogP contribution in [0.15, 0.2) is 58.1 Å². The summed E-state index contributed by atoms with van der Waals surface area (Å²) in [5.74, 6) is -0.669. The molecule has 0 atom stereocenters. The van der Waals surface area contributed by atoms with Gasteiger partial charge in [-0.1, -0.05) is 12.1 Å². The zero-order valence-corrected chi connectivity index (χ0v) is 13.1. The van der Waals surface area contributed by atoms with Crippen molar-refractivity contribution in [3.63, 3.8) is 0 Å². The van der Waals surface area contributed by atoms with Gasteiger partial charge < -0.3 is 5.32 Å². The Morgan fingerprint density at radius 1 is 1.00 bits per heavy atom. The molecule has 3 rings (SSSR count). The number of aromatic nitrogens is 2. The first-order valence-electron chi connectivity index (χ1n) is 7.45. The summed E-state index contributed by atoms with van der Waals surface area (Å²) in [6.07, 6.45) is -4.47. The van der Waals surface area contributed by atoms with Crippen LogP contribution in [0.1, 0.15) is 5.56 Å². The van der Waals surface area contributed by atoms with E-state index in [1.54, 1.807) is 12.1 Å². The lowest BCUT2D eigenvalue weighted by molar-refractivity contribution is -0.137. The molecule has 0 spiro atoms. The molecule has 26 heavy (non-hydrogen) atoms. The Morgan fingerprint density at radius 3 is 2.23 bits per heavy atom. The van der Waals surface area contributed by atoms with Crippen LogP contribution in [0, 0.1) is 0 Å². The number of nitrogens with one attached hydrogen (secondary N) is 2. The number of carbonyl (C=O) groups is 1. The van der Waals surface area contributed by atoms with E-state index in [4.69, 9.17) is 0 Å². The molecule has 1 amide bonds. The maximum atomic E-state index is 12.5. The van der Waals surface area contributed by atoms with E-state index in [2.05, 4.69) is 10.4 Å². The Hall–Kier alpha value is -3.36. The van der Waals surface area contributed by atoms with Crippen LogP contribution in [-0.2, 0) is 17.5 Å². The molecular formula is C17H12F3N3O3. The molecule has 0 aliphatic carbocycles. The molecule has 9 heteroatoms. The van der Waals surface area contributed by atoms with E-state index in [-0.39, 0.29) is 16.5 Å². The molecule has 0 fully saturated rings. The average Bonchev–Trinajstić information content (AvgIpc) is 2.59. The Morgan fingerprint density at radius 2 is 1.62 bits per heavy atom. The lowest BCUT2D eigenvalue weighted by Crippen LogP contribution is -2.34. The van der Waals surface area contributed by atoms with Gasteiger partial charge in [-0.15, -0.1) is 0 Å². The molecule has 0 saturated carbocycles. The number of halogens is 3. The number of H-pyrrole nitrogens is 1. The van der Waals surface area contributed by atoms with Gasteiger partial charge in [0, 0.05) is 5.69 Å². The molecule has 0 bridgehead atoms. The number of hydrogen-bond donors (Lipinski definition) is 2. The van der Waals surface area contributed by atoms with Gasteiger partial charge in [0.15, 0.2) is 0 Å². The Kier molecular flexibility index (Phi) is 4.37. The fourth-order valence-corrected chi connectivity index (χ4v) is 2.44. The van der Waals surface area contributed by atoms with Crippen molar-refractivity contribution >= 4 is 22.4 Å². The molecule has 6 nitrogen and oxygen atoms in total. The molecule has 2 N–H and O–H groups in total. The van der Waals surface area contributed by atoms with Crippen molar-refractivity contribution in [3.8, 4) is 0 Å². The molecule has 134 valence electrons. The van der Waals surface area contributed by atoms with Crippen LogP contribution in [-0.4, -0.2) is 15.7 Å². The first kappa shape index (κ1) is 17.5. The third-order valence-electron chi connectivity index (χ3n) is 3.68. The molecular weight excluding hydrogens is 351 g/mol. The fraction of sp³-hybridized carbons (Fsp3) is 0.118. The van der Waals surface area contributed by atoms with Crippen molar-refractivity contribution in [2.45, 2.75) is 12.7 Å². The average molecular weight is 363 g/mol. The first-order chi connectivity index (χ1) is 12.3. The van der Waals surface area contributed by atoms with Crippen LogP contribution in [0.25, 0.3) is 10.8 Å². The monoisotopic (exact) mass is 363 g/mol. The number of anilines is 1. The predicted octanol–water partition coefficient (Wildman–Crippen LogP) is 2.35. The summed E-state index contributed by atoms with van der Waals surface area (Å²) in [5, 5.41) is 5.05. The van der Waals surface area contributed by atoms with Crippen LogP contribution in [0.2, 0.25) is 0 Å². The van der Waals surface area contributed by atoms with E-state index in [0.717, 1.165) is 28.9 Å². The van der Waals surface area contributed by atoms with Gasteiger partial charge in [-0.05, 0) is 36.4 Å². The van der Waals surface area contributed by atoms with E-state index < -0.39 is 35.3 Å². The van der Waals surface area contributed by atoms with Gasteiger partial charge in [-0.2, -0.15) is 13.2 Å². The zero-order valence-electron chi connectivity index (χ0n) is 13.1. The summed E-state index contributed by atoms with van der Waals surface area (Å²) >= 11 is 0. The van der Waals surface area contributed by atoms with Gasteiger partial charge >= 0.3 is 6.18 Å². The third kappa shape index (κ3) is 3.51. The van der Waals surface area contributed by atoms with Gasteiger partial charge in [0.25, 0.3) is 11.1 Å². The van der Waals surface area contributed by atoms with E-state index in [0.29, 0.717) is 0 Å². The van der Waals surface area contributed by atoms with E-state index in [1.165, 1.54) is 12.1 Å². The van der Waals surface area contributed by atoms with Crippen LogP contribution >= 0.6 is 0 Å². The fourth-order valence-electron chi connectivity index (χ4n) is 2.44. The predicted molar refractivity (Wildman–Crippen MR) is 88.9 cm³/mol. The molecule has 0 radical (unpaired) electrons. The number of carbonyl (C=O) groups excluding carboxylic acids is 1. The van der Waals surface area contributed by atoms with Crippen LogP contribution < -0.4 is 16.4 Å². The number of fused-ring (bicyclic) bond motifs is 1. The summed E-state index contributed by atoms with van der Waals surface area (Å²) in [5.41, 5.74) is -1.78. The number of aromatic amines is 1. The molecule has 2 aromatic carbocycles. The van der Waals surface area contributed by atoms with Crippen molar-refractivity contribution < 1.29 is 18.0 Å².